The van der Waals surface area contributed by atoms with Crippen LogP contribution in [0.4, 0.5) is 5.69 Å². The molecule has 0 unspecified atom stereocenters. The summed E-state index contributed by atoms with van der Waals surface area (Å²) < 4.78 is 15.7. The minimum atomic E-state index is -0.480. The Hall–Kier alpha value is -3.35. The second-order valence-corrected chi connectivity index (χ2v) is 4.95. The largest absolute Gasteiger partial charge is 0.496 e. The van der Waals surface area contributed by atoms with E-state index in [0.29, 0.717) is 22.8 Å². The van der Waals surface area contributed by atoms with Gasteiger partial charge in [0, 0.05) is 24.3 Å². The number of nitro groups is 1. The van der Waals surface area contributed by atoms with Gasteiger partial charge in [0.2, 0.25) is 0 Å². The SMILES string of the molecule is COc1cc(OC)c(C(=O)/C=C/c2ccc([N+](=O)[O-])cc2)c(OC)c1. The molecule has 2 rings (SSSR count). The molecule has 0 aliphatic rings. The van der Waals surface area contributed by atoms with Crippen LogP contribution in [-0.2, 0) is 0 Å². The van der Waals surface area contributed by atoms with Crippen molar-refractivity contribution in [3.8, 4) is 17.2 Å². The van der Waals surface area contributed by atoms with E-state index in [1.54, 1.807) is 30.3 Å². The Balaban J connectivity index is 2.32. The van der Waals surface area contributed by atoms with Crippen LogP contribution in [0, 0.1) is 10.1 Å². The van der Waals surface area contributed by atoms with Crippen LogP contribution in [0.15, 0.2) is 42.5 Å². The predicted octanol–water partition coefficient (Wildman–Crippen LogP) is 3.52. The molecular weight excluding hydrogens is 326 g/mol. The first-order valence-electron chi connectivity index (χ1n) is 7.27. The number of benzene rings is 2. The van der Waals surface area contributed by atoms with E-state index in [0.717, 1.165) is 0 Å². The molecule has 2 aromatic carbocycles. The van der Waals surface area contributed by atoms with E-state index in [1.807, 2.05) is 0 Å². The molecule has 2 aromatic rings. The van der Waals surface area contributed by atoms with Crippen molar-refractivity contribution in [1.82, 2.24) is 0 Å². The van der Waals surface area contributed by atoms with E-state index < -0.39 is 4.92 Å². The summed E-state index contributed by atoms with van der Waals surface area (Å²) in [5.74, 6) is 0.836. The van der Waals surface area contributed by atoms with E-state index in [9.17, 15) is 14.9 Å². The number of carbonyl (C=O) groups excluding carboxylic acids is 1. The number of carbonyl (C=O) groups is 1. The molecule has 0 atom stereocenters. The number of rotatable bonds is 7. The molecule has 0 fully saturated rings. The maximum Gasteiger partial charge on any atom is 0.269 e. The van der Waals surface area contributed by atoms with E-state index in [2.05, 4.69) is 0 Å². The van der Waals surface area contributed by atoms with Crippen LogP contribution in [0.3, 0.4) is 0 Å². The van der Waals surface area contributed by atoms with Crippen molar-refractivity contribution < 1.29 is 23.9 Å². The van der Waals surface area contributed by atoms with Crippen molar-refractivity contribution in [2.24, 2.45) is 0 Å². The van der Waals surface area contributed by atoms with Crippen molar-refractivity contribution in [2.75, 3.05) is 21.3 Å². The lowest BCUT2D eigenvalue weighted by atomic mass is 10.1. The topological polar surface area (TPSA) is 87.9 Å². The van der Waals surface area contributed by atoms with Gasteiger partial charge in [-0.15, -0.1) is 0 Å². The molecule has 0 bridgehead atoms. The fraction of sp³-hybridized carbons (Fsp3) is 0.167. The van der Waals surface area contributed by atoms with E-state index >= 15 is 0 Å². The number of nitro benzene ring substituents is 1. The monoisotopic (exact) mass is 343 g/mol. The van der Waals surface area contributed by atoms with Crippen molar-refractivity contribution in [3.05, 3.63) is 63.7 Å². The fourth-order valence-corrected chi connectivity index (χ4v) is 2.21. The Morgan fingerprint density at radius 3 is 2.00 bits per heavy atom. The zero-order valence-corrected chi connectivity index (χ0v) is 14.0. The molecule has 7 nitrogen and oxygen atoms in total. The number of ketones is 1. The summed E-state index contributed by atoms with van der Waals surface area (Å²) in [4.78, 5) is 22.7. The molecule has 0 radical (unpaired) electrons. The second kappa shape index (κ2) is 7.96. The summed E-state index contributed by atoms with van der Waals surface area (Å²) >= 11 is 0. The molecule has 0 saturated heterocycles. The number of nitrogens with zero attached hydrogens (tertiary/aromatic N) is 1. The zero-order valence-electron chi connectivity index (χ0n) is 14.0. The quantitative estimate of drug-likeness (QED) is 0.331. The highest BCUT2D eigenvalue weighted by Crippen LogP contribution is 2.34. The molecule has 7 heteroatoms. The molecule has 0 aliphatic carbocycles. The van der Waals surface area contributed by atoms with Crippen molar-refractivity contribution in [2.45, 2.75) is 0 Å². The van der Waals surface area contributed by atoms with Gasteiger partial charge < -0.3 is 14.2 Å². The van der Waals surface area contributed by atoms with Gasteiger partial charge in [-0.05, 0) is 23.8 Å². The molecule has 0 N–H and O–H groups in total. The number of hydrogen-bond donors (Lipinski definition) is 0. The highest BCUT2D eigenvalue weighted by atomic mass is 16.6. The average molecular weight is 343 g/mol. The van der Waals surface area contributed by atoms with E-state index in [-0.39, 0.29) is 17.0 Å². The minimum Gasteiger partial charge on any atom is -0.496 e. The van der Waals surface area contributed by atoms with Gasteiger partial charge in [-0.25, -0.2) is 0 Å². The Labute approximate surface area is 144 Å². The van der Waals surface area contributed by atoms with Crippen molar-refractivity contribution in [3.63, 3.8) is 0 Å². The van der Waals surface area contributed by atoms with Crippen LogP contribution in [0.2, 0.25) is 0 Å². The number of hydrogen-bond acceptors (Lipinski definition) is 6. The molecule has 0 heterocycles. The first-order valence-corrected chi connectivity index (χ1v) is 7.27. The molecular formula is C18H17NO6. The van der Waals surface area contributed by atoms with Gasteiger partial charge in [0.1, 0.15) is 22.8 Å². The maximum absolute atomic E-state index is 12.6. The third-order valence-corrected chi connectivity index (χ3v) is 3.49. The summed E-state index contributed by atoms with van der Waals surface area (Å²) in [5, 5.41) is 10.7. The standard InChI is InChI=1S/C18H17NO6/c1-23-14-10-16(24-2)18(17(11-14)25-3)15(20)9-6-12-4-7-13(8-5-12)19(21)22/h4-11H,1-3H3/b9-6+. The summed E-state index contributed by atoms with van der Waals surface area (Å²) in [6.07, 6.45) is 2.92. The van der Waals surface area contributed by atoms with Gasteiger partial charge >= 0.3 is 0 Å². The van der Waals surface area contributed by atoms with Gasteiger partial charge in [-0.3, -0.25) is 14.9 Å². The Morgan fingerprint density at radius 1 is 1.00 bits per heavy atom. The number of methoxy groups -OCH3 is 3. The van der Waals surface area contributed by atoms with Crippen LogP contribution in [-0.4, -0.2) is 32.0 Å². The molecule has 0 aromatic heterocycles. The van der Waals surface area contributed by atoms with E-state index in [1.165, 1.54) is 39.5 Å². The van der Waals surface area contributed by atoms with Crippen LogP contribution in [0.5, 0.6) is 17.2 Å². The molecule has 0 spiro atoms. The lowest BCUT2D eigenvalue weighted by molar-refractivity contribution is -0.384. The van der Waals surface area contributed by atoms with Gasteiger partial charge in [-0.1, -0.05) is 6.08 Å². The molecule has 130 valence electrons. The maximum atomic E-state index is 12.6. The normalized spacial score (nSPS) is 10.5. The molecule has 0 saturated carbocycles. The van der Waals surface area contributed by atoms with Gasteiger partial charge in [0.25, 0.3) is 5.69 Å². The van der Waals surface area contributed by atoms with Crippen LogP contribution in [0.25, 0.3) is 6.08 Å². The lowest BCUT2D eigenvalue weighted by Crippen LogP contribution is -2.03. The average Bonchev–Trinajstić information content (AvgIpc) is 2.65. The predicted molar refractivity (Wildman–Crippen MR) is 92.6 cm³/mol. The highest BCUT2D eigenvalue weighted by molar-refractivity contribution is 6.10. The highest BCUT2D eigenvalue weighted by Gasteiger charge is 2.18. The first-order chi connectivity index (χ1) is 12.0. The fourth-order valence-electron chi connectivity index (χ4n) is 2.21. The summed E-state index contributed by atoms with van der Waals surface area (Å²) in [6, 6.07) is 9.05. The van der Waals surface area contributed by atoms with Crippen molar-refractivity contribution in [1.29, 1.82) is 0 Å². The first kappa shape index (κ1) is 18.0. The molecule has 0 amide bonds. The summed E-state index contributed by atoms with van der Waals surface area (Å²) in [6.45, 7) is 0. The van der Waals surface area contributed by atoms with Gasteiger partial charge in [0.05, 0.1) is 26.3 Å². The molecule has 0 aliphatic heterocycles. The minimum absolute atomic E-state index is 0.0121. The van der Waals surface area contributed by atoms with Crippen LogP contribution < -0.4 is 14.2 Å². The number of ether oxygens (including phenoxy) is 3. The van der Waals surface area contributed by atoms with Crippen LogP contribution in [0.1, 0.15) is 15.9 Å². The van der Waals surface area contributed by atoms with Gasteiger partial charge in [-0.2, -0.15) is 0 Å². The smallest absolute Gasteiger partial charge is 0.269 e. The summed E-state index contributed by atoms with van der Waals surface area (Å²) in [5.41, 5.74) is 0.913. The molecule has 25 heavy (non-hydrogen) atoms. The number of allylic oxidation sites excluding steroid dienone is 1. The Bertz CT molecular complexity index is 786. The third-order valence-electron chi connectivity index (χ3n) is 3.49. The Morgan fingerprint density at radius 2 is 1.56 bits per heavy atom. The number of non-ortho nitro benzene ring substituents is 1. The van der Waals surface area contributed by atoms with Crippen molar-refractivity contribution >= 4 is 17.5 Å². The van der Waals surface area contributed by atoms with E-state index in [4.69, 9.17) is 14.2 Å². The van der Waals surface area contributed by atoms with Gasteiger partial charge in [0.15, 0.2) is 5.78 Å². The summed E-state index contributed by atoms with van der Waals surface area (Å²) in [7, 11) is 4.40. The zero-order chi connectivity index (χ0) is 18.4. The van der Waals surface area contributed by atoms with Crippen LogP contribution >= 0.6 is 0 Å². The second-order valence-electron chi connectivity index (χ2n) is 4.95. The third kappa shape index (κ3) is 4.14. The Kier molecular flexibility index (Phi) is 5.73. The lowest BCUT2D eigenvalue weighted by Gasteiger charge is -2.13.